The fourth-order valence-electron chi connectivity index (χ4n) is 3.75. The number of anilines is 1. The van der Waals surface area contributed by atoms with Gasteiger partial charge in [-0.15, -0.1) is 0 Å². The summed E-state index contributed by atoms with van der Waals surface area (Å²) in [6.45, 7) is 0. The SMILES string of the molecule is O=C(O)C[C@H](NC(=O)c1ccc(-c2ccccc2)cc1)C(=O)Nc1ccc2[nH]cc(C(=O)O)c(=O)c2c1. The molecule has 37 heavy (non-hydrogen) atoms. The molecule has 1 aromatic heterocycles. The Morgan fingerprint density at radius 3 is 2.19 bits per heavy atom. The maximum absolute atomic E-state index is 12.9. The number of nitrogens with one attached hydrogen (secondary N) is 3. The molecule has 0 saturated heterocycles. The molecule has 2 amide bonds. The summed E-state index contributed by atoms with van der Waals surface area (Å²) < 4.78 is 0. The molecule has 10 nitrogen and oxygen atoms in total. The molecule has 0 unspecified atom stereocenters. The van der Waals surface area contributed by atoms with E-state index in [1.807, 2.05) is 30.3 Å². The van der Waals surface area contributed by atoms with Crippen LogP contribution >= 0.6 is 0 Å². The lowest BCUT2D eigenvalue weighted by Crippen LogP contribution is -2.45. The van der Waals surface area contributed by atoms with Gasteiger partial charge in [0.25, 0.3) is 5.91 Å². The molecule has 0 fully saturated rings. The standard InChI is InChI=1S/C27H21N3O7/c31-23(32)13-22(30-25(34)17-8-6-16(7-9-17)15-4-2-1-3-5-15)26(35)29-18-10-11-21-19(12-18)24(33)20(14-28-21)27(36)37/h1-12,14,22H,13H2,(H,28,33)(H,29,35)(H,30,34)(H,31,32)(H,36,37)/t22-/m0/s1. The van der Waals surface area contributed by atoms with E-state index in [9.17, 15) is 29.1 Å². The molecule has 0 aliphatic carbocycles. The Kier molecular flexibility index (Phi) is 7.10. The monoisotopic (exact) mass is 499 g/mol. The topological polar surface area (TPSA) is 166 Å². The molecule has 0 aliphatic rings. The third kappa shape index (κ3) is 5.70. The van der Waals surface area contributed by atoms with Crippen molar-refractivity contribution in [3.8, 4) is 11.1 Å². The summed E-state index contributed by atoms with van der Waals surface area (Å²) in [7, 11) is 0. The van der Waals surface area contributed by atoms with Crippen LogP contribution in [0.4, 0.5) is 5.69 Å². The van der Waals surface area contributed by atoms with Crippen molar-refractivity contribution in [3.05, 3.63) is 100 Å². The van der Waals surface area contributed by atoms with Crippen LogP contribution in [0, 0.1) is 0 Å². The molecular formula is C27H21N3O7. The van der Waals surface area contributed by atoms with Gasteiger partial charge >= 0.3 is 11.9 Å². The van der Waals surface area contributed by atoms with Crippen LogP contribution in [-0.2, 0) is 9.59 Å². The number of aromatic amines is 1. The van der Waals surface area contributed by atoms with Crippen LogP contribution in [0.25, 0.3) is 22.0 Å². The fraction of sp³-hybridized carbons (Fsp3) is 0.0741. The maximum Gasteiger partial charge on any atom is 0.341 e. The molecule has 0 radical (unpaired) electrons. The number of carbonyl (C=O) groups is 4. The van der Waals surface area contributed by atoms with Gasteiger partial charge in [0, 0.05) is 28.4 Å². The van der Waals surface area contributed by atoms with Crippen molar-refractivity contribution in [2.45, 2.75) is 12.5 Å². The number of carboxylic acid groups (broad SMARTS) is 2. The first kappa shape index (κ1) is 24.9. The molecule has 0 spiro atoms. The van der Waals surface area contributed by atoms with Gasteiger partial charge in [-0.25, -0.2) is 4.79 Å². The highest BCUT2D eigenvalue weighted by molar-refractivity contribution is 6.03. The number of aromatic nitrogens is 1. The second kappa shape index (κ2) is 10.6. The zero-order valence-electron chi connectivity index (χ0n) is 19.2. The van der Waals surface area contributed by atoms with Crippen LogP contribution < -0.4 is 16.1 Å². The molecule has 3 aromatic carbocycles. The number of rotatable bonds is 8. The van der Waals surface area contributed by atoms with Crippen LogP contribution in [0.15, 0.2) is 83.8 Å². The van der Waals surface area contributed by atoms with E-state index in [2.05, 4.69) is 15.6 Å². The van der Waals surface area contributed by atoms with Crippen LogP contribution in [0.2, 0.25) is 0 Å². The normalized spacial score (nSPS) is 11.5. The number of benzene rings is 3. The Morgan fingerprint density at radius 2 is 1.54 bits per heavy atom. The molecule has 4 rings (SSSR count). The van der Waals surface area contributed by atoms with Gasteiger partial charge < -0.3 is 25.8 Å². The molecule has 0 bridgehead atoms. The van der Waals surface area contributed by atoms with Crippen molar-refractivity contribution in [1.82, 2.24) is 10.3 Å². The van der Waals surface area contributed by atoms with Crippen molar-refractivity contribution < 1.29 is 29.4 Å². The van der Waals surface area contributed by atoms with Gasteiger partial charge in [-0.3, -0.25) is 19.2 Å². The second-order valence-electron chi connectivity index (χ2n) is 8.15. The largest absolute Gasteiger partial charge is 0.481 e. The number of carbonyl (C=O) groups excluding carboxylic acids is 2. The first-order valence-electron chi connectivity index (χ1n) is 11.1. The van der Waals surface area contributed by atoms with Crippen LogP contribution in [0.5, 0.6) is 0 Å². The minimum atomic E-state index is -1.42. The maximum atomic E-state index is 12.9. The van der Waals surface area contributed by atoms with Crippen LogP contribution in [0.3, 0.4) is 0 Å². The van der Waals surface area contributed by atoms with E-state index in [4.69, 9.17) is 5.11 Å². The van der Waals surface area contributed by atoms with E-state index in [1.54, 1.807) is 24.3 Å². The van der Waals surface area contributed by atoms with E-state index in [0.717, 1.165) is 17.3 Å². The summed E-state index contributed by atoms with van der Waals surface area (Å²) in [5, 5.41) is 23.4. The van der Waals surface area contributed by atoms with Crippen molar-refractivity contribution in [2.24, 2.45) is 0 Å². The van der Waals surface area contributed by atoms with Crippen molar-refractivity contribution in [3.63, 3.8) is 0 Å². The number of amides is 2. The Hall–Kier alpha value is -5.25. The highest BCUT2D eigenvalue weighted by Gasteiger charge is 2.25. The van der Waals surface area contributed by atoms with Crippen LogP contribution in [-0.4, -0.2) is 45.0 Å². The van der Waals surface area contributed by atoms with Gasteiger partial charge in [0.05, 0.1) is 6.42 Å². The molecule has 0 aliphatic heterocycles. The minimum Gasteiger partial charge on any atom is -0.481 e. The number of carboxylic acids is 2. The third-order valence-corrected chi connectivity index (χ3v) is 5.63. The van der Waals surface area contributed by atoms with Crippen molar-refractivity contribution in [2.75, 3.05) is 5.32 Å². The Labute approximate surface area is 209 Å². The Bertz CT molecular complexity index is 1560. The smallest absolute Gasteiger partial charge is 0.341 e. The zero-order valence-corrected chi connectivity index (χ0v) is 19.2. The van der Waals surface area contributed by atoms with E-state index < -0.39 is 47.2 Å². The third-order valence-electron chi connectivity index (χ3n) is 5.63. The second-order valence-corrected chi connectivity index (χ2v) is 8.15. The average Bonchev–Trinajstić information content (AvgIpc) is 2.89. The van der Waals surface area contributed by atoms with Gasteiger partial charge in [-0.1, -0.05) is 42.5 Å². The number of aliphatic carboxylic acids is 1. The van der Waals surface area contributed by atoms with Gasteiger partial charge in [-0.2, -0.15) is 0 Å². The predicted octanol–water partition coefficient (Wildman–Crippen LogP) is 3.11. The first-order chi connectivity index (χ1) is 17.7. The predicted molar refractivity (Wildman–Crippen MR) is 136 cm³/mol. The summed E-state index contributed by atoms with van der Waals surface area (Å²) in [5.74, 6) is -4.16. The lowest BCUT2D eigenvalue weighted by atomic mass is 10.0. The highest BCUT2D eigenvalue weighted by atomic mass is 16.4. The summed E-state index contributed by atoms with van der Waals surface area (Å²) in [6.07, 6.45) is 0.396. The number of fused-ring (bicyclic) bond motifs is 1. The van der Waals surface area contributed by atoms with Crippen LogP contribution in [0.1, 0.15) is 27.1 Å². The Balaban J connectivity index is 1.52. The fourth-order valence-corrected chi connectivity index (χ4v) is 3.75. The lowest BCUT2D eigenvalue weighted by Gasteiger charge is -2.17. The number of hydrogen-bond acceptors (Lipinski definition) is 5. The highest BCUT2D eigenvalue weighted by Crippen LogP contribution is 2.20. The van der Waals surface area contributed by atoms with E-state index in [0.29, 0.717) is 5.52 Å². The molecule has 1 heterocycles. The number of pyridine rings is 1. The summed E-state index contributed by atoms with van der Waals surface area (Å²) in [6, 6.07) is 18.9. The van der Waals surface area contributed by atoms with Gasteiger partial charge in [0.1, 0.15) is 11.6 Å². The van der Waals surface area contributed by atoms with Gasteiger partial charge in [0.2, 0.25) is 11.3 Å². The van der Waals surface area contributed by atoms with E-state index >= 15 is 0 Å². The summed E-state index contributed by atoms with van der Waals surface area (Å²) in [5.41, 5.74) is 1.35. The number of hydrogen-bond donors (Lipinski definition) is 5. The number of aromatic carboxylic acids is 1. The zero-order chi connectivity index (χ0) is 26.5. The van der Waals surface area contributed by atoms with E-state index in [1.165, 1.54) is 18.2 Å². The van der Waals surface area contributed by atoms with E-state index in [-0.39, 0.29) is 16.6 Å². The molecule has 10 heteroatoms. The van der Waals surface area contributed by atoms with Gasteiger partial charge in [0.15, 0.2) is 0 Å². The average molecular weight is 499 g/mol. The molecular weight excluding hydrogens is 478 g/mol. The summed E-state index contributed by atoms with van der Waals surface area (Å²) in [4.78, 5) is 63.4. The van der Waals surface area contributed by atoms with Gasteiger partial charge in [-0.05, 0) is 41.5 Å². The lowest BCUT2D eigenvalue weighted by molar-refractivity contribution is -0.139. The Morgan fingerprint density at radius 1 is 0.865 bits per heavy atom. The van der Waals surface area contributed by atoms with Crippen molar-refractivity contribution >= 4 is 40.3 Å². The summed E-state index contributed by atoms with van der Waals surface area (Å²) >= 11 is 0. The van der Waals surface area contributed by atoms with Crippen molar-refractivity contribution in [1.29, 1.82) is 0 Å². The molecule has 0 saturated carbocycles. The molecule has 186 valence electrons. The first-order valence-corrected chi connectivity index (χ1v) is 11.1. The quantitative estimate of drug-likeness (QED) is 0.248. The minimum absolute atomic E-state index is 0.0232. The molecule has 4 aromatic rings. The number of H-pyrrole nitrogens is 1. The molecule has 1 atom stereocenters. The molecule has 5 N–H and O–H groups in total.